The standard InChI is InChI=1S/C11H14ClN3O/c12-10-5-7(1-2-9(10)11(13)16)15-8-3-4-14-6-8/h1-2,5,8,14-15H,3-4,6H2,(H2,13,16)/t8-/m0/s1. The summed E-state index contributed by atoms with van der Waals surface area (Å²) in [6, 6.07) is 5.63. The van der Waals surface area contributed by atoms with Crippen molar-refractivity contribution in [1.82, 2.24) is 5.32 Å². The van der Waals surface area contributed by atoms with Gasteiger partial charge in [0.1, 0.15) is 0 Å². The summed E-state index contributed by atoms with van der Waals surface area (Å²) < 4.78 is 0. The zero-order chi connectivity index (χ0) is 11.5. The van der Waals surface area contributed by atoms with Gasteiger partial charge in [-0.05, 0) is 31.2 Å². The number of benzene rings is 1. The molecule has 1 aromatic rings. The van der Waals surface area contributed by atoms with E-state index in [2.05, 4.69) is 10.6 Å². The first kappa shape index (κ1) is 11.2. The third-order valence-corrected chi connectivity index (χ3v) is 2.98. The molecule has 4 nitrogen and oxygen atoms in total. The summed E-state index contributed by atoms with van der Waals surface area (Å²) >= 11 is 5.95. The molecular formula is C11H14ClN3O. The Hall–Kier alpha value is -1.26. The van der Waals surface area contributed by atoms with E-state index >= 15 is 0 Å². The second-order valence-corrected chi connectivity index (χ2v) is 4.30. The molecule has 0 aliphatic carbocycles. The van der Waals surface area contributed by atoms with Crippen molar-refractivity contribution < 1.29 is 4.79 Å². The van der Waals surface area contributed by atoms with Gasteiger partial charge in [-0.3, -0.25) is 4.79 Å². The molecule has 1 amide bonds. The fourth-order valence-corrected chi connectivity index (χ4v) is 2.09. The van der Waals surface area contributed by atoms with Gasteiger partial charge in [-0.2, -0.15) is 0 Å². The van der Waals surface area contributed by atoms with Gasteiger partial charge >= 0.3 is 0 Å². The number of nitrogens with one attached hydrogen (secondary N) is 2. The van der Waals surface area contributed by atoms with E-state index in [-0.39, 0.29) is 0 Å². The molecule has 1 atom stereocenters. The van der Waals surface area contributed by atoms with Crippen molar-refractivity contribution in [2.75, 3.05) is 18.4 Å². The number of hydrogen-bond acceptors (Lipinski definition) is 3. The van der Waals surface area contributed by atoms with E-state index in [1.165, 1.54) is 0 Å². The van der Waals surface area contributed by atoms with Crippen LogP contribution in [0.5, 0.6) is 0 Å². The molecule has 1 aromatic carbocycles. The lowest BCUT2D eigenvalue weighted by molar-refractivity contribution is 0.100. The molecule has 1 aliphatic heterocycles. The molecule has 1 saturated heterocycles. The van der Waals surface area contributed by atoms with E-state index in [1.807, 2.05) is 6.07 Å². The van der Waals surface area contributed by atoms with Crippen LogP contribution < -0.4 is 16.4 Å². The first-order valence-corrected chi connectivity index (χ1v) is 5.61. The number of anilines is 1. The normalized spacial score (nSPS) is 19.7. The molecule has 1 aliphatic rings. The third kappa shape index (κ3) is 2.46. The Labute approximate surface area is 99.2 Å². The van der Waals surface area contributed by atoms with Crippen molar-refractivity contribution in [2.24, 2.45) is 5.73 Å². The summed E-state index contributed by atoms with van der Waals surface area (Å²) in [4.78, 5) is 11.0. The molecule has 86 valence electrons. The maximum absolute atomic E-state index is 11.0. The lowest BCUT2D eigenvalue weighted by Gasteiger charge is -2.13. The molecule has 2 rings (SSSR count). The van der Waals surface area contributed by atoms with Crippen LogP contribution in [-0.2, 0) is 0 Å². The van der Waals surface area contributed by atoms with Crippen molar-refractivity contribution in [1.29, 1.82) is 0 Å². The van der Waals surface area contributed by atoms with Crippen molar-refractivity contribution in [3.63, 3.8) is 0 Å². The number of primary amides is 1. The Bertz CT molecular complexity index is 402. The van der Waals surface area contributed by atoms with Gasteiger partial charge in [-0.25, -0.2) is 0 Å². The summed E-state index contributed by atoms with van der Waals surface area (Å²) in [6.45, 7) is 1.99. The Balaban J connectivity index is 2.11. The van der Waals surface area contributed by atoms with Gasteiger partial charge in [0, 0.05) is 18.3 Å². The van der Waals surface area contributed by atoms with Crippen LogP contribution in [0.2, 0.25) is 5.02 Å². The molecular weight excluding hydrogens is 226 g/mol. The summed E-state index contributed by atoms with van der Waals surface area (Å²) in [7, 11) is 0. The summed E-state index contributed by atoms with van der Waals surface area (Å²) in [5, 5.41) is 7.01. The van der Waals surface area contributed by atoms with Crippen LogP contribution in [-0.4, -0.2) is 25.0 Å². The number of carbonyl (C=O) groups excluding carboxylic acids is 1. The summed E-state index contributed by atoms with van der Waals surface area (Å²) in [6.07, 6.45) is 1.09. The Morgan fingerprint density at radius 3 is 2.94 bits per heavy atom. The van der Waals surface area contributed by atoms with Gasteiger partial charge in [0.15, 0.2) is 0 Å². The molecule has 0 saturated carbocycles. The molecule has 1 fully saturated rings. The van der Waals surface area contributed by atoms with Crippen LogP contribution in [0.15, 0.2) is 18.2 Å². The van der Waals surface area contributed by atoms with Crippen LogP contribution >= 0.6 is 11.6 Å². The van der Waals surface area contributed by atoms with E-state index in [4.69, 9.17) is 17.3 Å². The van der Waals surface area contributed by atoms with Crippen molar-refractivity contribution in [2.45, 2.75) is 12.5 Å². The monoisotopic (exact) mass is 239 g/mol. The Kier molecular flexibility index (Phi) is 3.31. The zero-order valence-corrected chi connectivity index (χ0v) is 9.55. The summed E-state index contributed by atoms with van der Waals surface area (Å²) in [5.41, 5.74) is 6.45. The van der Waals surface area contributed by atoms with Crippen LogP contribution in [0.1, 0.15) is 16.8 Å². The van der Waals surface area contributed by atoms with E-state index in [0.717, 1.165) is 25.2 Å². The number of amides is 1. The third-order valence-electron chi connectivity index (χ3n) is 2.67. The Morgan fingerprint density at radius 1 is 1.56 bits per heavy atom. The van der Waals surface area contributed by atoms with Crippen molar-refractivity contribution in [3.8, 4) is 0 Å². The van der Waals surface area contributed by atoms with Gasteiger partial charge < -0.3 is 16.4 Å². The van der Waals surface area contributed by atoms with E-state index in [9.17, 15) is 4.79 Å². The quantitative estimate of drug-likeness (QED) is 0.743. The topological polar surface area (TPSA) is 67.2 Å². The van der Waals surface area contributed by atoms with Crippen LogP contribution in [0.3, 0.4) is 0 Å². The highest BCUT2D eigenvalue weighted by Gasteiger charge is 2.14. The number of halogens is 1. The lowest BCUT2D eigenvalue weighted by atomic mass is 10.1. The zero-order valence-electron chi connectivity index (χ0n) is 8.79. The Morgan fingerprint density at radius 2 is 2.38 bits per heavy atom. The van der Waals surface area contributed by atoms with Gasteiger partial charge in [0.2, 0.25) is 5.91 Å². The molecule has 16 heavy (non-hydrogen) atoms. The number of nitrogens with two attached hydrogens (primary N) is 1. The molecule has 0 spiro atoms. The summed E-state index contributed by atoms with van der Waals surface area (Å²) in [5.74, 6) is -0.501. The second kappa shape index (κ2) is 4.72. The minimum Gasteiger partial charge on any atom is -0.381 e. The molecule has 1 heterocycles. The van der Waals surface area contributed by atoms with Gasteiger partial charge in [-0.1, -0.05) is 11.6 Å². The van der Waals surface area contributed by atoms with Crippen LogP contribution in [0.4, 0.5) is 5.69 Å². The highest BCUT2D eigenvalue weighted by molar-refractivity contribution is 6.34. The SMILES string of the molecule is NC(=O)c1ccc(N[C@H]2CCNC2)cc1Cl. The van der Waals surface area contributed by atoms with Gasteiger partial charge in [0.05, 0.1) is 10.6 Å². The lowest BCUT2D eigenvalue weighted by Crippen LogP contribution is -2.22. The van der Waals surface area contributed by atoms with Gasteiger partial charge in [0.25, 0.3) is 0 Å². The largest absolute Gasteiger partial charge is 0.381 e. The number of carbonyl (C=O) groups is 1. The average Bonchev–Trinajstić information content (AvgIpc) is 2.70. The molecule has 0 bridgehead atoms. The van der Waals surface area contributed by atoms with E-state index in [0.29, 0.717) is 16.6 Å². The maximum Gasteiger partial charge on any atom is 0.250 e. The first-order chi connectivity index (χ1) is 7.66. The predicted octanol–water partition coefficient (Wildman–Crippen LogP) is 1.21. The predicted molar refractivity (Wildman–Crippen MR) is 64.9 cm³/mol. The second-order valence-electron chi connectivity index (χ2n) is 3.89. The van der Waals surface area contributed by atoms with E-state index < -0.39 is 5.91 Å². The molecule has 5 heteroatoms. The molecule has 0 unspecified atom stereocenters. The van der Waals surface area contributed by atoms with Crippen molar-refractivity contribution >= 4 is 23.2 Å². The fourth-order valence-electron chi connectivity index (χ4n) is 1.82. The minimum absolute atomic E-state index is 0.358. The highest BCUT2D eigenvalue weighted by Crippen LogP contribution is 2.21. The van der Waals surface area contributed by atoms with Crippen LogP contribution in [0.25, 0.3) is 0 Å². The average molecular weight is 240 g/mol. The highest BCUT2D eigenvalue weighted by atomic mass is 35.5. The van der Waals surface area contributed by atoms with Gasteiger partial charge in [-0.15, -0.1) is 0 Å². The van der Waals surface area contributed by atoms with Crippen molar-refractivity contribution in [3.05, 3.63) is 28.8 Å². The van der Waals surface area contributed by atoms with E-state index in [1.54, 1.807) is 12.1 Å². The number of rotatable bonds is 3. The minimum atomic E-state index is -0.501. The number of hydrogen-bond donors (Lipinski definition) is 3. The molecule has 0 radical (unpaired) electrons. The first-order valence-electron chi connectivity index (χ1n) is 5.23. The molecule has 4 N–H and O–H groups in total. The fraction of sp³-hybridized carbons (Fsp3) is 0.364. The maximum atomic E-state index is 11.0. The van der Waals surface area contributed by atoms with Crippen LogP contribution in [0, 0.1) is 0 Å². The smallest absolute Gasteiger partial charge is 0.250 e. The molecule has 0 aromatic heterocycles.